The molecule has 35 heavy (non-hydrogen) atoms. The first kappa shape index (κ1) is 27.7. The first-order valence-corrected chi connectivity index (χ1v) is 15.9. The number of carbonyl (C=O) groups excluding carboxylic acids is 1. The molecule has 0 aromatic heterocycles. The topological polar surface area (TPSA) is 26.3 Å². The molecule has 0 saturated heterocycles. The van der Waals surface area contributed by atoms with E-state index in [2.05, 4.69) is 70.5 Å². The van der Waals surface area contributed by atoms with Crippen molar-refractivity contribution < 1.29 is 9.53 Å². The highest BCUT2D eigenvalue weighted by molar-refractivity contribution is 9.10. The smallest absolute Gasteiger partial charge is 0.320 e. The van der Waals surface area contributed by atoms with Crippen LogP contribution in [-0.4, -0.2) is 16.9 Å². The molecule has 4 aliphatic carbocycles. The average Bonchev–Trinajstić information content (AvgIpc) is 3.15. The summed E-state index contributed by atoms with van der Waals surface area (Å²) in [5, 5.41) is 0. The molecule has 0 amide bonds. The van der Waals surface area contributed by atoms with Gasteiger partial charge in [0.25, 0.3) is 0 Å². The van der Waals surface area contributed by atoms with Gasteiger partial charge in [-0.1, -0.05) is 95.3 Å². The Balaban J connectivity index is 1.43. The SMILES string of the molecule is CC(C)CCC[C@H](C)[C@H]1CC[C@H]2[C@@H]3CC=C4C[C@H](OC(=O)[C@@H](Br)C(C)C)CC[C@]4(C)[C@H]3CC[C@]12C. The summed E-state index contributed by atoms with van der Waals surface area (Å²) in [5.41, 5.74) is 2.48. The first-order chi connectivity index (χ1) is 16.5. The van der Waals surface area contributed by atoms with Gasteiger partial charge in [0.2, 0.25) is 0 Å². The van der Waals surface area contributed by atoms with E-state index in [1.807, 2.05) is 0 Å². The Bertz CT molecular complexity index is 786. The number of fused-ring (bicyclic) bond motifs is 5. The fraction of sp³-hybridized carbons (Fsp3) is 0.906. The van der Waals surface area contributed by atoms with Gasteiger partial charge in [0.15, 0.2) is 0 Å². The maximum atomic E-state index is 12.6. The van der Waals surface area contributed by atoms with Gasteiger partial charge in [-0.25, -0.2) is 0 Å². The zero-order valence-corrected chi connectivity index (χ0v) is 25.3. The van der Waals surface area contributed by atoms with Gasteiger partial charge in [-0.2, -0.15) is 0 Å². The molecule has 0 aromatic rings. The van der Waals surface area contributed by atoms with E-state index in [0.717, 1.165) is 48.3 Å². The molecule has 0 heterocycles. The van der Waals surface area contributed by atoms with Crippen LogP contribution in [0.5, 0.6) is 0 Å². The van der Waals surface area contributed by atoms with Gasteiger partial charge in [0.1, 0.15) is 10.9 Å². The van der Waals surface area contributed by atoms with Gasteiger partial charge >= 0.3 is 5.97 Å². The van der Waals surface area contributed by atoms with E-state index in [-0.39, 0.29) is 22.8 Å². The lowest BCUT2D eigenvalue weighted by Gasteiger charge is -2.58. The highest BCUT2D eigenvalue weighted by atomic mass is 79.9. The fourth-order valence-corrected chi connectivity index (χ4v) is 9.36. The fourth-order valence-electron chi connectivity index (χ4n) is 9.25. The Morgan fingerprint density at radius 3 is 2.46 bits per heavy atom. The van der Waals surface area contributed by atoms with E-state index in [9.17, 15) is 4.79 Å². The van der Waals surface area contributed by atoms with Crippen LogP contribution in [0.2, 0.25) is 0 Å². The second-order valence-electron chi connectivity index (χ2n) is 14.2. The minimum Gasteiger partial charge on any atom is -0.461 e. The van der Waals surface area contributed by atoms with Crippen LogP contribution in [0.4, 0.5) is 0 Å². The lowest BCUT2D eigenvalue weighted by molar-refractivity contribution is -0.151. The van der Waals surface area contributed by atoms with Crippen LogP contribution in [0.1, 0.15) is 119 Å². The summed E-state index contributed by atoms with van der Waals surface area (Å²) >= 11 is 3.54. The number of halogens is 1. The number of allylic oxidation sites excluding steroid dienone is 1. The molecule has 0 unspecified atom stereocenters. The molecular formula is C32H53BrO2. The molecule has 0 aliphatic heterocycles. The Kier molecular flexibility index (Phi) is 8.57. The van der Waals surface area contributed by atoms with Gasteiger partial charge in [-0.15, -0.1) is 0 Å². The van der Waals surface area contributed by atoms with Gasteiger partial charge in [-0.05, 0) is 97.2 Å². The third-order valence-electron chi connectivity index (χ3n) is 11.4. The zero-order chi connectivity index (χ0) is 25.5. The second kappa shape index (κ2) is 10.8. The predicted molar refractivity (Wildman–Crippen MR) is 150 cm³/mol. The standard InChI is InChI=1S/C32H53BrO2/c1-20(2)9-8-10-22(5)26-13-14-27-25-12-11-23-19-24(35-30(34)29(33)21(3)4)15-17-31(23,6)28(25)16-18-32(26,27)7/h11,20-22,24-29H,8-10,12-19H2,1-7H3/t22-,24+,25-,26+,27-,28-,29-,31-,32+/m0/s1. The number of ether oxygens (including phenoxy) is 1. The van der Waals surface area contributed by atoms with Crippen LogP contribution >= 0.6 is 15.9 Å². The van der Waals surface area contributed by atoms with Crippen molar-refractivity contribution in [2.75, 3.05) is 0 Å². The highest BCUT2D eigenvalue weighted by Gasteiger charge is 2.59. The maximum absolute atomic E-state index is 12.6. The predicted octanol–water partition coefficient (Wildman–Crippen LogP) is 9.36. The van der Waals surface area contributed by atoms with Crippen LogP contribution < -0.4 is 0 Å². The quantitative estimate of drug-likeness (QED) is 0.171. The molecule has 0 aromatic carbocycles. The maximum Gasteiger partial charge on any atom is 0.320 e. The number of esters is 1. The van der Waals surface area contributed by atoms with Gasteiger partial charge < -0.3 is 4.74 Å². The summed E-state index contributed by atoms with van der Waals surface area (Å²) in [5.74, 6) is 5.42. The Hall–Kier alpha value is -0.310. The summed E-state index contributed by atoms with van der Waals surface area (Å²) in [6.45, 7) is 16.7. The van der Waals surface area contributed by atoms with Crippen molar-refractivity contribution in [2.24, 2.45) is 52.3 Å². The minimum absolute atomic E-state index is 0.0635. The van der Waals surface area contributed by atoms with E-state index in [1.54, 1.807) is 5.57 Å². The molecule has 0 spiro atoms. The van der Waals surface area contributed by atoms with Crippen molar-refractivity contribution in [2.45, 2.75) is 130 Å². The normalized spacial score (nSPS) is 40.5. The molecule has 2 nitrogen and oxygen atoms in total. The molecule has 0 radical (unpaired) electrons. The van der Waals surface area contributed by atoms with E-state index in [1.165, 1.54) is 57.8 Å². The van der Waals surface area contributed by atoms with Crippen molar-refractivity contribution in [3.63, 3.8) is 0 Å². The first-order valence-electron chi connectivity index (χ1n) is 15.0. The molecular weight excluding hydrogens is 496 g/mol. The second-order valence-corrected chi connectivity index (χ2v) is 15.2. The number of hydrogen-bond acceptors (Lipinski definition) is 2. The van der Waals surface area contributed by atoms with Gasteiger partial charge in [0, 0.05) is 6.42 Å². The van der Waals surface area contributed by atoms with E-state index >= 15 is 0 Å². The van der Waals surface area contributed by atoms with Crippen LogP contribution in [0.15, 0.2) is 11.6 Å². The van der Waals surface area contributed by atoms with E-state index in [4.69, 9.17) is 4.74 Å². The Labute approximate surface area is 224 Å². The molecule has 4 rings (SSSR count). The van der Waals surface area contributed by atoms with Crippen molar-refractivity contribution >= 4 is 21.9 Å². The number of hydrogen-bond donors (Lipinski definition) is 0. The molecule has 3 fully saturated rings. The molecule has 0 bridgehead atoms. The lowest BCUT2D eigenvalue weighted by atomic mass is 9.47. The molecule has 3 heteroatoms. The summed E-state index contributed by atoms with van der Waals surface area (Å²) < 4.78 is 5.99. The van der Waals surface area contributed by atoms with Crippen molar-refractivity contribution in [1.29, 1.82) is 0 Å². The number of alkyl halides is 1. The third-order valence-corrected chi connectivity index (χ3v) is 12.8. The average molecular weight is 550 g/mol. The van der Waals surface area contributed by atoms with Crippen LogP contribution in [-0.2, 0) is 9.53 Å². The molecule has 3 saturated carbocycles. The monoisotopic (exact) mass is 548 g/mol. The molecule has 9 atom stereocenters. The molecule has 200 valence electrons. The van der Waals surface area contributed by atoms with Crippen LogP contribution in [0, 0.1) is 52.3 Å². The third kappa shape index (κ3) is 5.33. The van der Waals surface area contributed by atoms with E-state index in [0.29, 0.717) is 10.8 Å². The minimum atomic E-state index is -0.195. The number of rotatable bonds is 8. The largest absolute Gasteiger partial charge is 0.461 e. The van der Waals surface area contributed by atoms with Crippen molar-refractivity contribution in [1.82, 2.24) is 0 Å². The molecule has 4 aliphatic rings. The lowest BCUT2D eigenvalue weighted by Crippen LogP contribution is -2.51. The summed E-state index contributed by atoms with van der Waals surface area (Å²) in [7, 11) is 0. The summed E-state index contributed by atoms with van der Waals surface area (Å²) in [6, 6.07) is 0. The van der Waals surface area contributed by atoms with Crippen LogP contribution in [0.25, 0.3) is 0 Å². The summed E-state index contributed by atoms with van der Waals surface area (Å²) in [6.07, 6.45) is 17.1. The van der Waals surface area contributed by atoms with Gasteiger partial charge in [0.05, 0.1) is 0 Å². The Morgan fingerprint density at radius 1 is 1.03 bits per heavy atom. The summed E-state index contributed by atoms with van der Waals surface area (Å²) in [4.78, 5) is 12.4. The zero-order valence-electron chi connectivity index (χ0n) is 23.7. The Morgan fingerprint density at radius 2 is 1.77 bits per heavy atom. The van der Waals surface area contributed by atoms with Crippen molar-refractivity contribution in [3.05, 3.63) is 11.6 Å². The highest BCUT2D eigenvalue weighted by Crippen LogP contribution is 2.67. The van der Waals surface area contributed by atoms with Gasteiger partial charge in [-0.3, -0.25) is 4.79 Å². The number of carbonyl (C=O) groups is 1. The van der Waals surface area contributed by atoms with E-state index < -0.39 is 0 Å². The molecule has 0 N–H and O–H groups in total. The van der Waals surface area contributed by atoms with Crippen molar-refractivity contribution in [3.8, 4) is 0 Å². The van der Waals surface area contributed by atoms with Crippen LogP contribution in [0.3, 0.4) is 0 Å².